The topological polar surface area (TPSA) is 47.0 Å². The minimum atomic E-state index is -0.376. The fourth-order valence-corrected chi connectivity index (χ4v) is 1.75. The zero-order valence-electron chi connectivity index (χ0n) is 13.0. The molecule has 2 aromatic rings. The van der Waals surface area contributed by atoms with Crippen LogP contribution in [0, 0.1) is 12.7 Å². The monoisotopic (exact) mass is 289 g/mol. The number of hydrogen-bond acceptors (Lipinski definition) is 4. The Morgan fingerprint density at radius 3 is 2.52 bits per heavy atom. The van der Waals surface area contributed by atoms with E-state index in [0.29, 0.717) is 23.1 Å². The highest BCUT2D eigenvalue weighted by Crippen LogP contribution is 2.28. The molecule has 21 heavy (non-hydrogen) atoms. The van der Waals surface area contributed by atoms with E-state index in [1.807, 2.05) is 20.8 Å². The van der Waals surface area contributed by atoms with Gasteiger partial charge in [0.2, 0.25) is 5.88 Å². The molecule has 0 spiro atoms. The first-order valence-electron chi connectivity index (χ1n) is 6.81. The van der Waals surface area contributed by atoms with Crippen LogP contribution in [0.25, 0.3) is 0 Å². The van der Waals surface area contributed by atoms with Crippen LogP contribution < -0.4 is 10.1 Å². The maximum atomic E-state index is 14.0. The molecule has 5 heteroatoms. The van der Waals surface area contributed by atoms with E-state index in [1.165, 1.54) is 0 Å². The average Bonchev–Trinajstić information content (AvgIpc) is 2.42. The van der Waals surface area contributed by atoms with E-state index in [2.05, 4.69) is 15.3 Å². The average molecular weight is 289 g/mol. The van der Waals surface area contributed by atoms with Gasteiger partial charge >= 0.3 is 0 Å². The second kappa shape index (κ2) is 5.68. The highest BCUT2D eigenvalue weighted by molar-refractivity contribution is 5.41. The molecule has 1 aromatic heterocycles. The number of benzene rings is 1. The molecule has 0 amide bonds. The smallest absolute Gasteiger partial charge is 0.224 e. The van der Waals surface area contributed by atoms with Gasteiger partial charge in [0.25, 0.3) is 0 Å². The quantitative estimate of drug-likeness (QED) is 0.925. The summed E-state index contributed by atoms with van der Waals surface area (Å²) in [4.78, 5) is 8.79. The molecule has 0 saturated heterocycles. The molecular weight excluding hydrogens is 269 g/mol. The molecule has 0 aliphatic rings. The third-order valence-corrected chi connectivity index (χ3v) is 3.00. The van der Waals surface area contributed by atoms with Crippen molar-refractivity contribution in [3.8, 4) is 11.6 Å². The molecule has 0 radical (unpaired) electrons. The summed E-state index contributed by atoms with van der Waals surface area (Å²) in [5.41, 5.74) is 0.308. The molecule has 0 fully saturated rings. The van der Waals surface area contributed by atoms with Crippen molar-refractivity contribution in [2.24, 2.45) is 0 Å². The Kier molecular flexibility index (Phi) is 4.11. The predicted octanol–water partition coefficient (Wildman–Crippen LogP) is 4.06. The lowest BCUT2D eigenvalue weighted by molar-refractivity contribution is 0.416. The number of ether oxygens (including phenoxy) is 1. The summed E-state index contributed by atoms with van der Waals surface area (Å²) >= 11 is 0. The van der Waals surface area contributed by atoms with Gasteiger partial charge in [-0.2, -0.15) is 4.98 Å². The van der Waals surface area contributed by atoms with Gasteiger partial charge < -0.3 is 10.1 Å². The van der Waals surface area contributed by atoms with E-state index in [0.717, 1.165) is 0 Å². The van der Waals surface area contributed by atoms with Crippen molar-refractivity contribution in [3.05, 3.63) is 41.5 Å². The van der Waals surface area contributed by atoms with Crippen LogP contribution in [-0.4, -0.2) is 17.0 Å². The van der Waals surface area contributed by atoms with E-state index in [-0.39, 0.29) is 17.0 Å². The number of nitrogens with zero attached hydrogens (tertiary/aromatic N) is 2. The Labute approximate surface area is 124 Å². The number of aryl methyl sites for hydroxylation is 1. The van der Waals surface area contributed by atoms with Crippen molar-refractivity contribution in [1.82, 2.24) is 9.97 Å². The van der Waals surface area contributed by atoms with Crippen LogP contribution in [0.3, 0.4) is 0 Å². The molecule has 0 aliphatic heterocycles. The van der Waals surface area contributed by atoms with Crippen LogP contribution in [0.1, 0.15) is 32.2 Å². The number of aromatic nitrogens is 2. The summed E-state index contributed by atoms with van der Waals surface area (Å²) in [6.45, 7) is 7.73. The number of nitrogens with one attached hydrogen (secondary N) is 1. The summed E-state index contributed by atoms with van der Waals surface area (Å²) in [5.74, 6) is 1.38. The van der Waals surface area contributed by atoms with Gasteiger partial charge in [0.05, 0.1) is 0 Å². The molecule has 112 valence electrons. The molecule has 0 atom stereocenters. The Hall–Kier alpha value is -2.17. The zero-order chi connectivity index (χ0) is 15.6. The molecule has 1 heterocycles. The van der Waals surface area contributed by atoms with E-state index in [1.54, 1.807) is 38.2 Å². The van der Waals surface area contributed by atoms with E-state index in [4.69, 9.17) is 4.74 Å². The fraction of sp³-hybridized carbons (Fsp3) is 0.375. The van der Waals surface area contributed by atoms with Crippen LogP contribution >= 0.6 is 0 Å². The summed E-state index contributed by atoms with van der Waals surface area (Å²) < 4.78 is 19.6. The minimum absolute atomic E-state index is 0.163. The SMILES string of the molecule is CNc1cc(Oc2cccc(C)c2F)nc(C(C)(C)C)n1. The molecule has 1 N–H and O–H groups in total. The first-order valence-corrected chi connectivity index (χ1v) is 6.81. The number of halogens is 1. The Balaban J connectivity index is 2.42. The lowest BCUT2D eigenvalue weighted by Gasteiger charge is -2.18. The second-order valence-corrected chi connectivity index (χ2v) is 5.90. The Morgan fingerprint density at radius 1 is 1.19 bits per heavy atom. The van der Waals surface area contributed by atoms with E-state index >= 15 is 0 Å². The van der Waals surface area contributed by atoms with Crippen molar-refractivity contribution in [1.29, 1.82) is 0 Å². The van der Waals surface area contributed by atoms with Crippen LogP contribution in [-0.2, 0) is 5.41 Å². The summed E-state index contributed by atoms with van der Waals surface area (Å²) in [7, 11) is 1.77. The van der Waals surface area contributed by atoms with Crippen LogP contribution in [0.4, 0.5) is 10.2 Å². The van der Waals surface area contributed by atoms with Crippen LogP contribution in [0.2, 0.25) is 0 Å². The molecule has 0 unspecified atom stereocenters. The number of hydrogen-bond donors (Lipinski definition) is 1. The maximum absolute atomic E-state index is 14.0. The number of anilines is 1. The fourth-order valence-electron chi connectivity index (χ4n) is 1.75. The van der Waals surface area contributed by atoms with Gasteiger partial charge in [-0.1, -0.05) is 32.9 Å². The highest BCUT2D eigenvalue weighted by Gasteiger charge is 2.20. The minimum Gasteiger partial charge on any atom is -0.436 e. The van der Waals surface area contributed by atoms with E-state index < -0.39 is 0 Å². The van der Waals surface area contributed by atoms with Gasteiger partial charge in [0.1, 0.15) is 11.6 Å². The van der Waals surface area contributed by atoms with Gasteiger partial charge in [-0.15, -0.1) is 0 Å². The first-order chi connectivity index (χ1) is 9.81. The van der Waals surface area contributed by atoms with Crippen molar-refractivity contribution in [2.45, 2.75) is 33.1 Å². The van der Waals surface area contributed by atoms with Gasteiger partial charge in [0, 0.05) is 18.5 Å². The van der Waals surface area contributed by atoms with Gasteiger partial charge in [-0.05, 0) is 18.6 Å². The molecule has 0 bridgehead atoms. The molecular formula is C16H20FN3O. The van der Waals surface area contributed by atoms with Gasteiger partial charge in [-0.3, -0.25) is 0 Å². The third kappa shape index (κ3) is 3.48. The summed E-state index contributed by atoms with van der Waals surface area (Å²) in [6.07, 6.45) is 0. The van der Waals surface area contributed by atoms with Crippen molar-refractivity contribution < 1.29 is 9.13 Å². The Morgan fingerprint density at radius 2 is 1.90 bits per heavy atom. The predicted molar refractivity (Wildman–Crippen MR) is 81.5 cm³/mol. The van der Waals surface area contributed by atoms with Crippen molar-refractivity contribution >= 4 is 5.82 Å². The van der Waals surface area contributed by atoms with E-state index in [9.17, 15) is 4.39 Å². The van der Waals surface area contributed by atoms with Crippen LogP contribution in [0.5, 0.6) is 11.6 Å². The highest BCUT2D eigenvalue weighted by atomic mass is 19.1. The van der Waals surface area contributed by atoms with Crippen molar-refractivity contribution in [2.75, 3.05) is 12.4 Å². The molecule has 0 saturated carbocycles. The summed E-state index contributed by atoms with van der Waals surface area (Å²) in [5, 5.41) is 2.97. The first kappa shape index (κ1) is 15.2. The molecule has 2 rings (SSSR count). The largest absolute Gasteiger partial charge is 0.436 e. The molecule has 4 nitrogen and oxygen atoms in total. The lowest BCUT2D eigenvalue weighted by atomic mass is 9.96. The third-order valence-electron chi connectivity index (χ3n) is 3.00. The van der Waals surface area contributed by atoms with Crippen molar-refractivity contribution in [3.63, 3.8) is 0 Å². The normalized spacial score (nSPS) is 11.3. The van der Waals surface area contributed by atoms with Gasteiger partial charge in [-0.25, -0.2) is 9.37 Å². The number of rotatable bonds is 3. The molecule has 0 aliphatic carbocycles. The second-order valence-electron chi connectivity index (χ2n) is 5.90. The summed E-state index contributed by atoms with van der Waals surface area (Å²) in [6, 6.07) is 6.68. The van der Waals surface area contributed by atoms with Crippen LogP contribution in [0.15, 0.2) is 24.3 Å². The maximum Gasteiger partial charge on any atom is 0.224 e. The molecule has 1 aromatic carbocycles. The standard InChI is InChI=1S/C16H20FN3O/c1-10-7-6-8-11(14(10)17)21-13-9-12(18-5)19-15(20-13)16(2,3)4/h6-9H,1-5H3,(H,18,19,20). The lowest BCUT2D eigenvalue weighted by Crippen LogP contribution is -2.17. The Bertz CT molecular complexity index is 650. The zero-order valence-corrected chi connectivity index (χ0v) is 13.0. The van der Waals surface area contributed by atoms with Gasteiger partial charge in [0.15, 0.2) is 11.6 Å².